The van der Waals surface area contributed by atoms with Gasteiger partial charge in [0.1, 0.15) is 0 Å². The second kappa shape index (κ2) is 8.80. The molecule has 4 rings (SSSR count). The molecule has 1 aliphatic rings. The van der Waals surface area contributed by atoms with Crippen molar-refractivity contribution in [3.8, 4) is 0 Å². The first-order valence-electron chi connectivity index (χ1n) is 10.0. The van der Waals surface area contributed by atoms with Crippen molar-refractivity contribution in [3.63, 3.8) is 0 Å². The Kier molecular flexibility index (Phi) is 5.92. The quantitative estimate of drug-likeness (QED) is 0.441. The van der Waals surface area contributed by atoms with Gasteiger partial charge in [0.2, 0.25) is 11.8 Å². The molecule has 0 heterocycles. The van der Waals surface area contributed by atoms with Crippen LogP contribution in [-0.2, 0) is 9.59 Å². The lowest BCUT2D eigenvalue weighted by atomic mass is 9.83. The molecule has 6 nitrogen and oxygen atoms in total. The normalized spacial score (nSPS) is 13.1. The molecule has 1 unspecified atom stereocenters. The lowest BCUT2D eigenvalue weighted by molar-refractivity contribution is -0.115. The first-order valence-corrected chi connectivity index (χ1v) is 10.9. The third kappa shape index (κ3) is 4.20. The van der Waals surface area contributed by atoms with Crippen LogP contribution >= 0.6 is 11.8 Å². The topological polar surface area (TPSA) is 92.3 Å². The van der Waals surface area contributed by atoms with Crippen molar-refractivity contribution in [2.45, 2.75) is 24.0 Å². The van der Waals surface area contributed by atoms with E-state index in [1.807, 2.05) is 12.1 Å². The molecule has 3 aromatic rings. The van der Waals surface area contributed by atoms with Crippen molar-refractivity contribution < 1.29 is 19.2 Å². The average Bonchev–Trinajstić information content (AvgIpc) is 2.78. The van der Waals surface area contributed by atoms with E-state index < -0.39 is 5.25 Å². The zero-order valence-electron chi connectivity index (χ0n) is 17.5. The summed E-state index contributed by atoms with van der Waals surface area (Å²) in [6.45, 7) is 3.20. The standard InChI is InChI=1S/C25H20N2O4S/c1-14(32-17-12-10-16(11-13-17)26-15(2)28)25(31)27-21-9-5-8-20-22(21)24(30)19-7-4-3-6-18(19)23(20)29/h3-14H,1-2H3,(H,26,28)(H,27,31). The minimum absolute atomic E-state index is 0.153. The van der Waals surface area contributed by atoms with E-state index in [4.69, 9.17) is 0 Å². The maximum Gasteiger partial charge on any atom is 0.237 e. The van der Waals surface area contributed by atoms with Gasteiger partial charge in [0.25, 0.3) is 0 Å². The summed E-state index contributed by atoms with van der Waals surface area (Å²) < 4.78 is 0. The zero-order chi connectivity index (χ0) is 22.8. The molecule has 1 atom stereocenters. The van der Waals surface area contributed by atoms with Crippen LogP contribution in [0.4, 0.5) is 11.4 Å². The largest absolute Gasteiger partial charge is 0.326 e. The van der Waals surface area contributed by atoms with E-state index in [2.05, 4.69) is 10.6 Å². The van der Waals surface area contributed by atoms with Crippen molar-refractivity contribution in [2.24, 2.45) is 0 Å². The molecule has 0 radical (unpaired) electrons. The number of carbonyl (C=O) groups excluding carboxylic acids is 4. The van der Waals surface area contributed by atoms with Crippen LogP contribution in [0.25, 0.3) is 0 Å². The molecule has 7 heteroatoms. The molecule has 0 aliphatic heterocycles. The number of hydrogen-bond acceptors (Lipinski definition) is 5. The lowest BCUT2D eigenvalue weighted by Gasteiger charge is -2.21. The molecule has 0 bridgehead atoms. The molecule has 0 saturated heterocycles. The van der Waals surface area contributed by atoms with Crippen molar-refractivity contribution in [2.75, 3.05) is 10.6 Å². The van der Waals surface area contributed by atoms with E-state index in [0.29, 0.717) is 28.1 Å². The molecule has 1 aliphatic carbocycles. The lowest BCUT2D eigenvalue weighted by Crippen LogP contribution is -2.27. The molecule has 2 N–H and O–H groups in total. The number of fused-ring (bicyclic) bond motifs is 2. The van der Waals surface area contributed by atoms with Crippen molar-refractivity contribution in [3.05, 3.63) is 89.0 Å². The van der Waals surface area contributed by atoms with Crippen LogP contribution in [0.1, 0.15) is 45.7 Å². The smallest absolute Gasteiger partial charge is 0.237 e. The Bertz CT molecular complexity index is 1250. The molecule has 32 heavy (non-hydrogen) atoms. The van der Waals surface area contributed by atoms with E-state index >= 15 is 0 Å². The summed E-state index contributed by atoms with van der Waals surface area (Å²) in [4.78, 5) is 50.8. The molecule has 0 aromatic heterocycles. The summed E-state index contributed by atoms with van der Waals surface area (Å²) in [6, 6.07) is 18.8. The summed E-state index contributed by atoms with van der Waals surface area (Å²) in [7, 11) is 0. The zero-order valence-corrected chi connectivity index (χ0v) is 18.3. The van der Waals surface area contributed by atoms with Crippen molar-refractivity contribution in [1.82, 2.24) is 0 Å². The maximum absolute atomic E-state index is 13.1. The van der Waals surface area contributed by atoms with Gasteiger partial charge in [-0.15, -0.1) is 11.8 Å². The van der Waals surface area contributed by atoms with Crippen LogP contribution in [0.3, 0.4) is 0 Å². The Labute approximate surface area is 189 Å². The highest BCUT2D eigenvalue weighted by molar-refractivity contribution is 8.00. The Morgan fingerprint density at radius 2 is 1.41 bits per heavy atom. The average molecular weight is 445 g/mol. The SMILES string of the molecule is CC(=O)Nc1ccc(SC(C)C(=O)Nc2cccc3c2C(=O)c2ccccc2C3=O)cc1. The fourth-order valence-corrected chi connectivity index (χ4v) is 4.43. The van der Waals surface area contributed by atoms with Crippen molar-refractivity contribution >= 4 is 46.5 Å². The number of nitrogens with one attached hydrogen (secondary N) is 2. The van der Waals surface area contributed by atoms with Crippen LogP contribution in [-0.4, -0.2) is 28.6 Å². The summed E-state index contributed by atoms with van der Waals surface area (Å²) in [5.41, 5.74) is 2.24. The summed E-state index contributed by atoms with van der Waals surface area (Å²) >= 11 is 1.35. The van der Waals surface area contributed by atoms with E-state index in [0.717, 1.165) is 4.90 Å². The third-order valence-corrected chi connectivity index (χ3v) is 6.18. The van der Waals surface area contributed by atoms with Gasteiger partial charge in [-0.25, -0.2) is 0 Å². The van der Waals surface area contributed by atoms with Crippen LogP contribution in [0.15, 0.2) is 71.6 Å². The monoisotopic (exact) mass is 444 g/mol. The number of hydrogen-bond donors (Lipinski definition) is 2. The van der Waals surface area contributed by atoms with Gasteiger partial charge < -0.3 is 10.6 Å². The molecule has 0 spiro atoms. The van der Waals surface area contributed by atoms with Crippen LogP contribution in [0.2, 0.25) is 0 Å². The maximum atomic E-state index is 13.1. The third-order valence-electron chi connectivity index (χ3n) is 5.07. The molecule has 0 fully saturated rings. The van der Waals surface area contributed by atoms with E-state index in [1.165, 1.54) is 18.7 Å². The predicted octanol–water partition coefficient (Wildman–Crippen LogP) is 4.54. The molecule has 2 amide bonds. The summed E-state index contributed by atoms with van der Waals surface area (Å²) in [6.07, 6.45) is 0. The number of ketones is 2. The minimum atomic E-state index is -0.459. The van der Waals surface area contributed by atoms with Gasteiger partial charge in [-0.05, 0) is 37.3 Å². The number of amides is 2. The number of anilines is 2. The highest BCUT2D eigenvalue weighted by Crippen LogP contribution is 2.33. The minimum Gasteiger partial charge on any atom is -0.326 e. The van der Waals surface area contributed by atoms with Crippen LogP contribution < -0.4 is 10.6 Å². The first-order chi connectivity index (χ1) is 15.3. The summed E-state index contributed by atoms with van der Waals surface area (Å²) in [5, 5.41) is 5.06. The van der Waals surface area contributed by atoms with Crippen LogP contribution in [0.5, 0.6) is 0 Å². The van der Waals surface area contributed by atoms with Crippen LogP contribution in [0, 0.1) is 0 Å². The van der Waals surface area contributed by atoms with Gasteiger partial charge >= 0.3 is 0 Å². The Hall–Kier alpha value is -3.71. The predicted molar refractivity (Wildman–Crippen MR) is 124 cm³/mol. The fraction of sp³-hybridized carbons (Fsp3) is 0.120. The van der Waals surface area contributed by atoms with Gasteiger partial charge in [-0.3, -0.25) is 19.2 Å². The highest BCUT2D eigenvalue weighted by atomic mass is 32.2. The number of thioether (sulfide) groups is 1. The van der Waals surface area contributed by atoms with E-state index in [1.54, 1.807) is 61.5 Å². The molecule has 160 valence electrons. The van der Waals surface area contributed by atoms with Gasteiger partial charge in [0.15, 0.2) is 11.6 Å². The second-order valence-corrected chi connectivity index (χ2v) is 8.80. The highest BCUT2D eigenvalue weighted by Gasteiger charge is 2.32. The van der Waals surface area contributed by atoms with E-state index in [-0.39, 0.29) is 28.9 Å². The van der Waals surface area contributed by atoms with Gasteiger partial charge in [0.05, 0.1) is 16.5 Å². The van der Waals surface area contributed by atoms with Gasteiger partial charge in [0, 0.05) is 34.2 Å². The molecular formula is C25H20N2O4S. The fourth-order valence-electron chi connectivity index (χ4n) is 3.56. The molecular weight excluding hydrogens is 424 g/mol. The molecule has 0 saturated carbocycles. The first kappa shape index (κ1) is 21.5. The Morgan fingerprint density at radius 3 is 2.06 bits per heavy atom. The Morgan fingerprint density at radius 1 is 0.781 bits per heavy atom. The Balaban J connectivity index is 1.52. The number of rotatable bonds is 5. The van der Waals surface area contributed by atoms with Gasteiger partial charge in [-0.2, -0.15) is 0 Å². The van der Waals surface area contributed by atoms with Crippen molar-refractivity contribution in [1.29, 1.82) is 0 Å². The number of carbonyl (C=O) groups is 4. The number of benzene rings is 3. The van der Waals surface area contributed by atoms with E-state index in [9.17, 15) is 19.2 Å². The summed E-state index contributed by atoms with van der Waals surface area (Å²) in [5.74, 6) is -0.943. The molecule has 3 aromatic carbocycles. The second-order valence-electron chi connectivity index (χ2n) is 7.39. The van der Waals surface area contributed by atoms with Gasteiger partial charge in [-0.1, -0.05) is 36.4 Å².